The van der Waals surface area contributed by atoms with E-state index in [1.54, 1.807) is 36.6 Å². The number of para-hydroxylation sites is 1. The smallest absolute Gasteiger partial charge is 0.272 e. The second-order valence-corrected chi connectivity index (χ2v) is 5.22. The molecule has 98 valence electrons. The fraction of sp³-hybridized carbons (Fsp3) is 0.143. The Labute approximate surface area is 115 Å². The van der Waals surface area contributed by atoms with E-state index in [4.69, 9.17) is 0 Å². The van der Waals surface area contributed by atoms with Crippen LogP contribution in [0, 0.1) is 6.92 Å². The first-order valence-electron chi connectivity index (χ1n) is 5.76. The maximum atomic E-state index is 11.8. The summed E-state index contributed by atoms with van der Waals surface area (Å²) >= 11 is 1.52. The van der Waals surface area contributed by atoms with Gasteiger partial charge in [-0.3, -0.25) is 4.79 Å². The van der Waals surface area contributed by atoms with E-state index in [2.05, 4.69) is 10.5 Å². The van der Waals surface area contributed by atoms with Crippen molar-refractivity contribution >= 4 is 23.0 Å². The van der Waals surface area contributed by atoms with Gasteiger partial charge >= 0.3 is 0 Å². The molecule has 0 aliphatic heterocycles. The topological polar surface area (TPSA) is 61.7 Å². The molecule has 2 N–H and O–H groups in total. The number of hydrogen-bond acceptors (Lipinski definition) is 4. The Morgan fingerprint density at radius 3 is 2.74 bits per heavy atom. The van der Waals surface area contributed by atoms with Gasteiger partial charge in [0.05, 0.1) is 11.3 Å². The lowest BCUT2D eigenvalue weighted by molar-refractivity contribution is 0.0955. The summed E-state index contributed by atoms with van der Waals surface area (Å²) < 4.78 is 0. The van der Waals surface area contributed by atoms with Gasteiger partial charge < -0.3 is 5.11 Å². The van der Waals surface area contributed by atoms with Crippen LogP contribution in [0.4, 0.5) is 0 Å². The van der Waals surface area contributed by atoms with Gasteiger partial charge in [-0.2, -0.15) is 5.10 Å². The van der Waals surface area contributed by atoms with Crippen LogP contribution in [0.5, 0.6) is 5.75 Å². The van der Waals surface area contributed by atoms with E-state index in [1.807, 2.05) is 13.0 Å². The van der Waals surface area contributed by atoms with Crippen molar-refractivity contribution in [1.82, 2.24) is 5.43 Å². The van der Waals surface area contributed by atoms with Gasteiger partial charge in [-0.25, -0.2) is 5.43 Å². The number of nitrogens with zero attached hydrogens (tertiary/aromatic N) is 1. The van der Waals surface area contributed by atoms with E-state index in [-0.39, 0.29) is 11.7 Å². The molecule has 0 aliphatic carbocycles. The maximum Gasteiger partial charge on any atom is 0.272 e. The quantitative estimate of drug-likeness (QED) is 0.667. The average Bonchev–Trinajstić information content (AvgIpc) is 2.83. The van der Waals surface area contributed by atoms with Crippen molar-refractivity contribution in [3.8, 4) is 5.75 Å². The largest absolute Gasteiger partial charge is 0.507 e. The van der Waals surface area contributed by atoms with Crippen molar-refractivity contribution in [2.24, 2.45) is 5.10 Å². The molecule has 2 aromatic rings. The SMILES string of the molecule is C/C(=N\NC(=O)c1csc(C)c1)c1ccccc1O. The number of phenols is 1. The number of nitrogens with one attached hydrogen (secondary N) is 1. The van der Waals surface area contributed by atoms with E-state index >= 15 is 0 Å². The van der Waals surface area contributed by atoms with Crippen LogP contribution in [-0.4, -0.2) is 16.7 Å². The van der Waals surface area contributed by atoms with Crippen molar-refractivity contribution < 1.29 is 9.90 Å². The molecule has 1 amide bonds. The summed E-state index contributed by atoms with van der Waals surface area (Å²) in [6.45, 7) is 3.67. The lowest BCUT2D eigenvalue weighted by Crippen LogP contribution is -2.18. The first kappa shape index (κ1) is 13.3. The Morgan fingerprint density at radius 2 is 2.11 bits per heavy atom. The van der Waals surface area contributed by atoms with Gasteiger partial charge in [0.1, 0.15) is 5.75 Å². The number of carbonyl (C=O) groups is 1. The van der Waals surface area contributed by atoms with E-state index in [9.17, 15) is 9.90 Å². The zero-order chi connectivity index (χ0) is 13.8. The van der Waals surface area contributed by atoms with Crippen molar-refractivity contribution in [1.29, 1.82) is 0 Å². The highest BCUT2D eigenvalue weighted by molar-refractivity contribution is 7.10. The monoisotopic (exact) mass is 274 g/mol. The van der Waals surface area contributed by atoms with Crippen molar-refractivity contribution in [2.45, 2.75) is 13.8 Å². The summed E-state index contributed by atoms with van der Waals surface area (Å²) in [5, 5.41) is 15.5. The van der Waals surface area contributed by atoms with Crippen LogP contribution in [0.25, 0.3) is 0 Å². The van der Waals surface area contributed by atoms with Crippen LogP contribution < -0.4 is 5.43 Å². The Bertz CT molecular complexity index is 632. The highest BCUT2D eigenvalue weighted by Gasteiger charge is 2.07. The zero-order valence-corrected chi connectivity index (χ0v) is 11.5. The lowest BCUT2D eigenvalue weighted by atomic mass is 10.1. The van der Waals surface area contributed by atoms with Crippen LogP contribution in [0.15, 0.2) is 40.8 Å². The van der Waals surface area contributed by atoms with E-state index in [1.165, 1.54) is 11.3 Å². The van der Waals surface area contributed by atoms with Gasteiger partial charge in [0.15, 0.2) is 0 Å². The third kappa shape index (κ3) is 3.20. The first-order valence-corrected chi connectivity index (χ1v) is 6.64. The van der Waals surface area contributed by atoms with Gasteiger partial charge in [-0.1, -0.05) is 12.1 Å². The predicted octanol–water partition coefficient (Wildman–Crippen LogP) is 2.92. The molecular formula is C14H14N2O2S. The molecule has 5 heteroatoms. The van der Waals surface area contributed by atoms with Gasteiger partial charge in [-0.05, 0) is 32.0 Å². The van der Waals surface area contributed by atoms with Crippen molar-refractivity contribution in [3.63, 3.8) is 0 Å². The van der Waals surface area contributed by atoms with Crippen molar-refractivity contribution in [2.75, 3.05) is 0 Å². The third-order valence-electron chi connectivity index (χ3n) is 2.61. The summed E-state index contributed by atoms with van der Waals surface area (Å²) in [7, 11) is 0. The van der Waals surface area contributed by atoms with Crippen LogP contribution in [0.1, 0.15) is 27.7 Å². The van der Waals surface area contributed by atoms with Crippen LogP contribution in [0.2, 0.25) is 0 Å². The summed E-state index contributed by atoms with van der Waals surface area (Å²) in [5.41, 5.74) is 4.23. The summed E-state index contributed by atoms with van der Waals surface area (Å²) in [6, 6.07) is 8.68. The lowest BCUT2D eigenvalue weighted by Gasteiger charge is -2.04. The van der Waals surface area contributed by atoms with Crippen LogP contribution in [-0.2, 0) is 0 Å². The Balaban J connectivity index is 2.11. The molecule has 0 atom stereocenters. The molecule has 0 aliphatic rings. The highest BCUT2D eigenvalue weighted by atomic mass is 32.1. The number of aryl methyl sites for hydroxylation is 1. The zero-order valence-electron chi connectivity index (χ0n) is 10.7. The van der Waals surface area contributed by atoms with Gasteiger partial charge in [0, 0.05) is 15.8 Å². The van der Waals surface area contributed by atoms with Gasteiger partial charge in [0.2, 0.25) is 0 Å². The van der Waals surface area contributed by atoms with Crippen molar-refractivity contribution in [3.05, 3.63) is 51.7 Å². The second-order valence-electron chi connectivity index (χ2n) is 4.10. The summed E-state index contributed by atoms with van der Waals surface area (Å²) in [6.07, 6.45) is 0. The molecule has 0 radical (unpaired) electrons. The molecule has 0 spiro atoms. The Hall–Kier alpha value is -2.14. The number of phenolic OH excluding ortho intramolecular Hbond substituents is 1. The van der Waals surface area contributed by atoms with E-state index < -0.39 is 0 Å². The number of rotatable bonds is 3. The molecular weight excluding hydrogens is 260 g/mol. The molecule has 19 heavy (non-hydrogen) atoms. The van der Waals surface area contributed by atoms with Gasteiger partial charge in [-0.15, -0.1) is 11.3 Å². The number of aromatic hydroxyl groups is 1. The number of hydrazone groups is 1. The fourth-order valence-corrected chi connectivity index (χ4v) is 2.28. The Kier molecular flexibility index (Phi) is 3.97. The molecule has 0 unspecified atom stereocenters. The number of hydrogen-bond donors (Lipinski definition) is 2. The molecule has 0 saturated carbocycles. The minimum atomic E-state index is -0.251. The standard InChI is InChI=1S/C14H14N2O2S/c1-9-7-11(8-19-9)14(18)16-15-10(2)12-5-3-4-6-13(12)17/h3-8,17H,1-2H3,(H,16,18)/b15-10+. The highest BCUT2D eigenvalue weighted by Crippen LogP contribution is 2.16. The Morgan fingerprint density at radius 1 is 1.37 bits per heavy atom. The summed E-state index contributed by atoms with van der Waals surface area (Å²) in [5.74, 6) is -0.108. The van der Waals surface area contributed by atoms with E-state index in [0.29, 0.717) is 16.8 Å². The third-order valence-corrected chi connectivity index (χ3v) is 3.47. The van der Waals surface area contributed by atoms with Crippen LogP contribution in [0.3, 0.4) is 0 Å². The molecule has 2 rings (SSSR count). The van der Waals surface area contributed by atoms with Crippen LogP contribution >= 0.6 is 11.3 Å². The fourth-order valence-electron chi connectivity index (χ4n) is 1.60. The molecule has 4 nitrogen and oxygen atoms in total. The summed E-state index contributed by atoms with van der Waals surface area (Å²) in [4.78, 5) is 12.9. The minimum Gasteiger partial charge on any atom is -0.507 e. The molecule has 0 saturated heterocycles. The molecule has 1 aromatic heterocycles. The van der Waals surface area contributed by atoms with Gasteiger partial charge in [0.25, 0.3) is 5.91 Å². The van der Waals surface area contributed by atoms with E-state index in [0.717, 1.165) is 4.88 Å². The second kappa shape index (κ2) is 5.67. The number of amides is 1. The maximum absolute atomic E-state index is 11.8. The first-order chi connectivity index (χ1) is 9.08. The molecule has 1 heterocycles. The number of carbonyl (C=O) groups excluding carboxylic acids is 1. The number of benzene rings is 1. The molecule has 0 fully saturated rings. The molecule has 0 bridgehead atoms. The minimum absolute atomic E-state index is 0.143. The normalized spacial score (nSPS) is 11.4. The number of thiophene rings is 1. The predicted molar refractivity (Wildman–Crippen MR) is 76.8 cm³/mol. The average molecular weight is 274 g/mol. The molecule has 1 aromatic carbocycles.